The smallest absolute Gasteiger partial charge is 0.329 e. The predicted octanol–water partition coefficient (Wildman–Crippen LogP) is 2.53. The maximum Gasteiger partial charge on any atom is 0.329 e. The maximum atomic E-state index is 10.8. The molecule has 2 rings (SSSR count). The monoisotopic (exact) mass is 294 g/mol. The highest BCUT2D eigenvalue weighted by Crippen LogP contribution is 2.21. The number of hydrogen-bond donors (Lipinski definition) is 1. The largest absolute Gasteiger partial charge is 0.492 e. The molecule has 0 aliphatic heterocycles. The Balaban J connectivity index is 1.91. The number of hydrogen-bond acceptors (Lipinski definition) is 6. The number of aromatic nitrogens is 2. The van der Waals surface area contributed by atoms with Crippen molar-refractivity contribution in [3.05, 3.63) is 51.9 Å². The van der Waals surface area contributed by atoms with Gasteiger partial charge in [-0.3, -0.25) is 10.1 Å². The molecule has 104 valence electrons. The van der Waals surface area contributed by atoms with Crippen LogP contribution in [0.4, 0.5) is 11.5 Å². The van der Waals surface area contributed by atoms with E-state index in [0.29, 0.717) is 13.2 Å². The zero-order valence-electron chi connectivity index (χ0n) is 10.3. The van der Waals surface area contributed by atoms with Crippen molar-refractivity contribution in [3.63, 3.8) is 0 Å². The van der Waals surface area contributed by atoms with Gasteiger partial charge in [-0.15, -0.1) is 0 Å². The Kier molecular flexibility index (Phi) is 4.67. The number of nitrogens with one attached hydrogen (secondary N) is 1. The summed E-state index contributed by atoms with van der Waals surface area (Å²) in [5.41, 5.74) is -0.228. The lowest BCUT2D eigenvalue weighted by Gasteiger charge is -2.08. The van der Waals surface area contributed by atoms with E-state index >= 15 is 0 Å². The molecule has 2 aromatic rings. The minimum absolute atomic E-state index is 0.0536. The van der Waals surface area contributed by atoms with Crippen LogP contribution in [-0.4, -0.2) is 28.0 Å². The van der Waals surface area contributed by atoms with Crippen LogP contribution in [0.2, 0.25) is 5.28 Å². The lowest BCUT2D eigenvalue weighted by molar-refractivity contribution is -0.384. The average molecular weight is 295 g/mol. The Labute approximate surface area is 119 Å². The van der Waals surface area contributed by atoms with Crippen molar-refractivity contribution in [2.24, 2.45) is 0 Å². The third kappa shape index (κ3) is 3.79. The zero-order valence-corrected chi connectivity index (χ0v) is 11.1. The van der Waals surface area contributed by atoms with Crippen LogP contribution in [0.3, 0.4) is 0 Å². The second-order valence-electron chi connectivity index (χ2n) is 3.72. The molecular formula is C12H11ClN4O3. The molecule has 0 aliphatic rings. The predicted molar refractivity (Wildman–Crippen MR) is 74.1 cm³/mol. The van der Waals surface area contributed by atoms with Gasteiger partial charge in [-0.05, 0) is 23.7 Å². The fraction of sp³-hybridized carbons (Fsp3) is 0.167. The average Bonchev–Trinajstić information content (AvgIpc) is 2.44. The van der Waals surface area contributed by atoms with Gasteiger partial charge < -0.3 is 10.1 Å². The highest BCUT2D eigenvalue weighted by molar-refractivity contribution is 6.28. The third-order valence-electron chi connectivity index (χ3n) is 2.34. The van der Waals surface area contributed by atoms with Crippen molar-refractivity contribution in [1.29, 1.82) is 0 Å². The van der Waals surface area contributed by atoms with Gasteiger partial charge in [-0.25, -0.2) is 4.98 Å². The molecule has 0 fully saturated rings. The zero-order chi connectivity index (χ0) is 14.4. The molecule has 0 aliphatic carbocycles. The number of halogens is 1. The van der Waals surface area contributed by atoms with Crippen LogP contribution in [0.25, 0.3) is 0 Å². The fourth-order valence-electron chi connectivity index (χ4n) is 1.47. The second kappa shape index (κ2) is 6.67. The van der Waals surface area contributed by atoms with Crippen LogP contribution >= 0.6 is 11.6 Å². The summed E-state index contributed by atoms with van der Waals surface area (Å²) in [5.74, 6) is 0.802. The first-order valence-electron chi connectivity index (χ1n) is 5.75. The van der Waals surface area contributed by atoms with Crippen LogP contribution < -0.4 is 10.1 Å². The van der Waals surface area contributed by atoms with Gasteiger partial charge in [-0.1, -0.05) is 18.2 Å². The Morgan fingerprint density at radius 3 is 2.80 bits per heavy atom. The molecule has 7 nitrogen and oxygen atoms in total. The minimum atomic E-state index is -0.573. The van der Waals surface area contributed by atoms with Gasteiger partial charge in [0.2, 0.25) is 11.1 Å². The van der Waals surface area contributed by atoms with E-state index in [1.54, 1.807) is 0 Å². The summed E-state index contributed by atoms with van der Waals surface area (Å²) in [6.45, 7) is 0.686. The lowest BCUT2D eigenvalue weighted by Crippen LogP contribution is -2.13. The first kappa shape index (κ1) is 14.0. The number of benzene rings is 1. The van der Waals surface area contributed by atoms with Gasteiger partial charge >= 0.3 is 5.69 Å². The van der Waals surface area contributed by atoms with Gasteiger partial charge in [0, 0.05) is 0 Å². The van der Waals surface area contributed by atoms with Crippen molar-refractivity contribution in [3.8, 4) is 5.75 Å². The Morgan fingerprint density at radius 2 is 2.10 bits per heavy atom. The van der Waals surface area contributed by atoms with E-state index in [4.69, 9.17) is 16.3 Å². The topological polar surface area (TPSA) is 90.2 Å². The number of para-hydroxylation sites is 1. The lowest BCUT2D eigenvalue weighted by atomic mass is 10.3. The molecule has 0 bridgehead atoms. The van der Waals surface area contributed by atoms with E-state index in [1.165, 1.54) is 0 Å². The molecule has 1 N–H and O–H groups in total. The van der Waals surface area contributed by atoms with Crippen LogP contribution in [0.15, 0.2) is 36.5 Å². The number of ether oxygens (including phenoxy) is 1. The standard InChI is InChI=1S/C12H11ClN4O3/c13-12-15-8-10(17(18)19)11(16-12)14-6-7-20-9-4-2-1-3-5-9/h1-5,8H,6-7H2,(H,14,15,16). The van der Waals surface area contributed by atoms with Crippen molar-refractivity contribution >= 4 is 23.1 Å². The third-order valence-corrected chi connectivity index (χ3v) is 2.53. The van der Waals surface area contributed by atoms with Crippen molar-refractivity contribution < 1.29 is 9.66 Å². The van der Waals surface area contributed by atoms with E-state index < -0.39 is 4.92 Å². The first-order valence-corrected chi connectivity index (χ1v) is 6.13. The molecule has 8 heteroatoms. The molecule has 0 spiro atoms. The molecule has 0 radical (unpaired) electrons. The summed E-state index contributed by atoms with van der Waals surface area (Å²) in [7, 11) is 0. The fourth-order valence-corrected chi connectivity index (χ4v) is 1.61. The Morgan fingerprint density at radius 1 is 1.35 bits per heavy atom. The highest BCUT2D eigenvalue weighted by Gasteiger charge is 2.16. The molecule has 0 saturated carbocycles. The number of anilines is 1. The van der Waals surface area contributed by atoms with Crippen LogP contribution in [0, 0.1) is 10.1 Å². The molecule has 0 atom stereocenters. The quantitative estimate of drug-likeness (QED) is 0.381. The summed E-state index contributed by atoms with van der Waals surface area (Å²) < 4.78 is 5.45. The normalized spacial score (nSPS) is 10.1. The molecule has 0 saturated heterocycles. The summed E-state index contributed by atoms with van der Waals surface area (Å²) in [5, 5.41) is 13.5. The number of rotatable bonds is 6. The molecule has 0 amide bonds. The van der Waals surface area contributed by atoms with Crippen LogP contribution in [0.5, 0.6) is 5.75 Å². The van der Waals surface area contributed by atoms with Crippen molar-refractivity contribution in [2.75, 3.05) is 18.5 Å². The van der Waals surface area contributed by atoms with E-state index in [2.05, 4.69) is 15.3 Å². The van der Waals surface area contributed by atoms with E-state index in [0.717, 1.165) is 11.9 Å². The molecule has 0 unspecified atom stereocenters. The summed E-state index contributed by atoms with van der Waals surface area (Å²) >= 11 is 5.61. The SMILES string of the molecule is O=[N+]([O-])c1cnc(Cl)nc1NCCOc1ccccc1. The number of nitrogens with zero attached hydrogens (tertiary/aromatic N) is 3. The molecular weight excluding hydrogens is 284 g/mol. The maximum absolute atomic E-state index is 10.8. The van der Waals surface area contributed by atoms with Crippen LogP contribution in [-0.2, 0) is 0 Å². The van der Waals surface area contributed by atoms with E-state index in [9.17, 15) is 10.1 Å². The first-order chi connectivity index (χ1) is 9.66. The molecule has 20 heavy (non-hydrogen) atoms. The Hall–Kier alpha value is -2.41. The molecule has 1 aromatic heterocycles. The Bertz CT molecular complexity index is 595. The summed E-state index contributed by atoms with van der Waals surface area (Å²) in [6.07, 6.45) is 1.07. The van der Waals surface area contributed by atoms with E-state index in [-0.39, 0.29) is 16.8 Å². The summed E-state index contributed by atoms with van der Waals surface area (Å²) in [6, 6.07) is 9.25. The van der Waals surface area contributed by atoms with Crippen molar-refractivity contribution in [2.45, 2.75) is 0 Å². The number of nitro groups is 1. The van der Waals surface area contributed by atoms with Gasteiger partial charge in [0.25, 0.3) is 0 Å². The second-order valence-corrected chi connectivity index (χ2v) is 4.06. The minimum Gasteiger partial charge on any atom is -0.492 e. The van der Waals surface area contributed by atoms with Crippen molar-refractivity contribution in [1.82, 2.24) is 9.97 Å². The highest BCUT2D eigenvalue weighted by atomic mass is 35.5. The van der Waals surface area contributed by atoms with Gasteiger partial charge in [-0.2, -0.15) is 4.98 Å². The van der Waals surface area contributed by atoms with Gasteiger partial charge in [0.1, 0.15) is 18.6 Å². The molecule has 1 aromatic carbocycles. The summed E-state index contributed by atoms with van der Waals surface area (Å²) in [4.78, 5) is 17.6. The van der Waals surface area contributed by atoms with E-state index in [1.807, 2.05) is 30.3 Å². The molecule has 1 heterocycles. The van der Waals surface area contributed by atoms with Gasteiger partial charge in [0.15, 0.2) is 0 Å². The van der Waals surface area contributed by atoms with Crippen LogP contribution in [0.1, 0.15) is 0 Å². The van der Waals surface area contributed by atoms with Gasteiger partial charge in [0.05, 0.1) is 11.5 Å².